The molecule has 0 heterocycles. The van der Waals surface area contributed by atoms with Gasteiger partial charge >= 0.3 is 0 Å². The Hall–Kier alpha value is -2.11. The number of hydrogen-bond acceptors (Lipinski definition) is 2. The minimum Gasteiger partial charge on any atom is -0.279 e. The Bertz CT molecular complexity index is 759. The van der Waals surface area contributed by atoms with Gasteiger partial charge < -0.3 is 0 Å². The molecule has 1 unspecified atom stereocenters. The van der Waals surface area contributed by atoms with Crippen LogP contribution in [0.2, 0.25) is 0 Å². The number of nitriles is 1. The van der Waals surface area contributed by atoms with Crippen LogP contribution in [0.15, 0.2) is 48.5 Å². The highest BCUT2D eigenvalue weighted by Crippen LogP contribution is 2.61. The highest BCUT2D eigenvalue weighted by atomic mass is 35.5. The van der Waals surface area contributed by atoms with Gasteiger partial charge in [-0.1, -0.05) is 48.5 Å². The van der Waals surface area contributed by atoms with E-state index in [0.717, 1.165) is 11.1 Å². The van der Waals surface area contributed by atoms with Crippen LogP contribution in [0.4, 0.5) is 0 Å². The monoisotopic (exact) mass is 293 g/mol. The maximum absolute atomic E-state index is 12.1. The maximum atomic E-state index is 12.1. The number of carbonyl (C=O) groups excluding carboxylic acids is 1. The molecule has 0 fully saturated rings. The lowest BCUT2D eigenvalue weighted by Gasteiger charge is -2.48. The lowest BCUT2D eigenvalue weighted by Crippen LogP contribution is -2.44. The summed E-state index contributed by atoms with van der Waals surface area (Å²) in [7, 11) is 0. The van der Waals surface area contributed by atoms with Gasteiger partial charge in [-0.2, -0.15) is 5.26 Å². The molecule has 3 aliphatic rings. The first-order valence-electron chi connectivity index (χ1n) is 6.98. The summed E-state index contributed by atoms with van der Waals surface area (Å²) in [6, 6.07) is 18.4. The van der Waals surface area contributed by atoms with Crippen LogP contribution in [0.3, 0.4) is 0 Å². The summed E-state index contributed by atoms with van der Waals surface area (Å²) in [5.41, 5.74) is 3.45. The number of fused-ring (bicyclic) bond motifs is 1. The van der Waals surface area contributed by atoms with Gasteiger partial charge in [0, 0.05) is 11.8 Å². The van der Waals surface area contributed by atoms with Crippen molar-refractivity contribution < 1.29 is 4.79 Å². The summed E-state index contributed by atoms with van der Waals surface area (Å²) < 4.78 is 0. The summed E-state index contributed by atoms with van der Waals surface area (Å²) in [4.78, 5) is 12.1. The van der Waals surface area contributed by atoms with E-state index in [1.807, 2.05) is 36.4 Å². The van der Waals surface area contributed by atoms with E-state index in [9.17, 15) is 10.1 Å². The zero-order chi connectivity index (χ0) is 14.6. The Labute approximate surface area is 128 Å². The largest absolute Gasteiger partial charge is 0.279 e. The number of nitrogens with zero attached hydrogens (tertiary/aromatic N) is 1. The van der Waals surface area contributed by atoms with Gasteiger partial charge in [0.25, 0.3) is 0 Å². The topological polar surface area (TPSA) is 40.9 Å². The number of hydrogen-bond donors (Lipinski definition) is 0. The fourth-order valence-electron chi connectivity index (χ4n) is 4.06. The Morgan fingerprint density at radius 3 is 1.95 bits per heavy atom. The fraction of sp³-hybridized carbons (Fsp3) is 0.222. The van der Waals surface area contributed by atoms with Crippen LogP contribution in [-0.2, 0) is 4.79 Å². The molecule has 0 radical (unpaired) electrons. The number of carbonyl (C=O) groups is 1. The van der Waals surface area contributed by atoms with Gasteiger partial charge in [0.05, 0.1) is 6.07 Å². The molecule has 2 aromatic carbocycles. The number of halogens is 1. The third kappa shape index (κ3) is 1.45. The summed E-state index contributed by atoms with van der Waals surface area (Å²) >= 11 is 5.88. The highest BCUT2D eigenvalue weighted by Gasteiger charge is 2.56. The van der Waals surface area contributed by atoms with E-state index in [4.69, 9.17) is 11.6 Å². The summed E-state index contributed by atoms with van der Waals surface area (Å²) in [5.74, 6) is -0.186. The van der Waals surface area contributed by atoms with E-state index in [-0.39, 0.29) is 11.8 Å². The van der Waals surface area contributed by atoms with E-state index in [1.54, 1.807) is 0 Å². The summed E-state index contributed by atoms with van der Waals surface area (Å²) in [6.07, 6.45) is 0.477. The van der Waals surface area contributed by atoms with E-state index < -0.39 is 10.7 Å². The van der Waals surface area contributed by atoms with Gasteiger partial charge in [0.1, 0.15) is 5.41 Å². The van der Waals surface area contributed by atoms with Crippen molar-refractivity contribution in [3.8, 4) is 6.07 Å². The smallest absolute Gasteiger partial charge is 0.242 e. The standard InChI is InChI=1S/C18H12ClNO/c19-17(21)18(10-20)9-15-11-5-1-3-7-13(11)16(18)14-8-4-2-6-12(14)15/h1-8,15-16H,9H2. The Kier molecular flexibility index (Phi) is 2.52. The normalized spacial score (nSPS) is 28.4. The van der Waals surface area contributed by atoms with Crippen molar-refractivity contribution in [3.63, 3.8) is 0 Å². The van der Waals surface area contributed by atoms with Gasteiger partial charge in [-0.15, -0.1) is 0 Å². The van der Waals surface area contributed by atoms with Crippen molar-refractivity contribution in [3.05, 3.63) is 70.8 Å². The van der Waals surface area contributed by atoms with Gasteiger partial charge in [0.2, 0.25) is 5.24 Å². The van der Waals surface area contributed by atoms with Crippen LogP contribution >= 0.6 is 11.6 Å². The van der Waals surface area contributed by atoms with Crippen LogP contribution in [0, 0.1) is 16.7 Å². The van der Waals surface area contributed by atoms with Crippen LogP contribution in [-0.4, -0.2) is 5.24 Å². The van der Waals surface area contributed by atoms with Gasteiger partial charge in [-0.3, -0.25) is 4.79 Å². The Morgan fingerprint density at radius 2 is 1.52 bits per heavy atom. The molecule has 0 spiro atoms. The maximum Gasteiger partial charge on any atom is 0.242 e. The lowest BCUT2D eigenvalue weighted by molar-refractivity contribution is -0.119. The molecule has 0 amide bonds. The van der Waals surface area contributed by atoms with E-state index in [2.05, 4.69) is 18.2 Å². The third-order valence-corrected chi connectivity index (χ3v) is 5.27. The zero-order valence-electron chi connectivity index (χ0n) is 11.2. The predicted molar refractivity (Wildman–Crippen MR) is 80.1 cm³/mol. The molecule has 0 saturated carbocycles. The van der Waals surface area contributed by atoms with Crippen molar-refractivity contribution in [1.82, 2.24) is 0 Å². The van der Waals surface area contributed by atoms with E-state index in [0.29, 0.717) is 6.42 Å². The molecule has 0 saturated heterocycles. The summed E-state index contributed by atoms with van der Waals surface area (Å²) in [6.45, 7) is 0. The number of benzene rings is 2. The SMILES string of the molecule is N#CC1(C(=O)Cl)CC2c3ccccc3C1c1ccccc12. The predicted octanol–water partition coefficient (Wildman–Crippen LogP) is 3.94. The molecule has 2 aromatic rings. The molecule has 1 atom stereocenters. The minimum atomic E-state index is -1.14. The van der Waals surface area contributed by atoms with Crippen molar-refractivity contribution in [2.24, 2.45) is 5.41 Å². The van der Waals surface area contributed by atoms with Crippen LogP contribution < -0.4 is 0 Å². The molecule has 3 aliphatic carbocycles. The molecule has 5 rings (SSSR count). The first-order chi connectivity index (χ1) is 10.2. The third-order valence-electron chi connectivity index (χ3n) is 4.93. The van der Waals surface area contributed by atoms with Crippen LogP contribution in [0.5, 0.6) is 0 Å². The average molecular weight is 294 g/mol. The lowest BCUT2D eigenvalue weighted by atomic mass is 9.53. The fourth-order valence-corrected chi connectivity index (χ4v) is 4.28. The molecule has 0 aliphatic heterocycles. The highest BCUT2D eigenvalue weighted by molar-refractivity contribution is 6.65. The van der Waals surface area contributed by atoms with Crippen molar-refractivity contribution in [2.45, 2.75) is 18.3 Å². The molecular formula is C18H12ClNO. The van der Waals surface area contributed by atoms with Gasteiger partial charge in [-0.25, -0.2) is 0 Å². The molecule has 3 heteroatoms. The van der Waals surface area contributed by atoms with Gasteiger partial charge in [0.15, 0.2) is 0 Å². The van der Waals surface area contributed by atoms with E-state index >= 15 is 0 Å². The quantitative estimate of drug-likeness (QED) is 0.747. The Morgan fingerprint density at radius 1 is 1.05 bits per heavy atom. The molecule has 0 aromatic heterocycles. The molecule has 2 nitrogen and oxygen atoms in total. The second-order valence-electron chi connectivity index (χ2n) is 5.80. The molecule has 0 N–H and O–H groups in total. The van der Waals surface area contributed by atoms with Gasteiger partial charge in [-0.05, 0) is 40.3 Å². The number of rotatable bonds is 1. The van der Waals surface area contributed by atoms with Crippen molar-refractivity contribution >= 4 is 16.8 Å². The van der Waals surface area contributed by atoms with Crippen molar-refractivity contribution in [1.29, 1.82) is 5.26 Å². The molecule has 21 heavy (non-hydrogen) atoms. The van der Waals surface area contributed by atoms with E-state index in [1.165, 1.54) is 11.1 Å². The second-order valence-corrected chi connectivity index (χ2v) is 6.15. The van der Waals surface area contributed by atoms with Crippen LogP contribution in [0.25, 0.3) is 0 Å². The Balaban J connectivity index is 2.08. The molecule has 102 valence electrons. The molecular weight excluding hydrogens is 282 g/mol. The van der Waals surface area contributed by atoms with Crippen LogP contribution in [0.1, 0.15) is 40.5 Å². The summed E-state index contributed by atoms with van der Waals surface area (Å²) in [5, 5.41) is 9.19. The second kappa shape index (κ2) is 4.19. The zero-order valence-corrected chi connectivity index (χ0v) is 12.0. The minimum absolute atomic E-state index is 0.0738. The molecule has 2 bridgehead atoms. The average Bonchev–Trinajstić information content (AvgIpc) is 2.54. The first kappa shape index (κ1) is 12.6. The van der Waals surface area contributed by atoms with Crippen molar-refractivity contribution in [2.75, 3.05) is 0 Å². The first-order valence-corrected chi connectivity index (χ1v) is 7.35.